The lowest BCUT2D eigenvalue weighted by Crippen LogP contribution is -2.63. The van der Waals surface area contributed by atoms with Crippen molar-refractivity contribution in [2.45, 2.75) is 94.4 Å². The normalized spacial score (nSPS) is 36.5. The molecule has 0 aromatic heterocycles. The van der Waals surface area contributed by atoms with Crippen molar-refractivity contribution >= 4 is 35.6 Å². The Bertz CT molecular complexity index is 1470. The predicted octanol–water partition coefficient (Wildman–Crippen LogP) is -4.59. The van der Waals surface area contributed by atoms with Crippen LogP contribution < -0.4 is 11.1 Å². The number of hydrogen-bond donors (Lipinski definition) is 9. The molecule has 23 nitrogen and oxygen atoms in total. The van der Waals surface area contributed by atoms with Crippen molar-refractivity contribution in [1.82, 2.24) is 10.2 Å². The lowest BCUT2D eigenvalue weighted by atomic mass is 9.88. The van der Waals surface area contributed by atoms with Gasteiger partial charge in [0, 0.05) is 75.5 Å². The molecule has 10 N–H and O–H groups in total. The first-order chi connectivity index (χ1) is 27.8. The molecule has 0 aliphatic carbocycles. The predicted molar refractivity (Wildman–Crippen MR) is 195 cm³/mol. The second-order valence-electron chi connectivity index (χ2n) is 13.7. The van der Waals surface area contributed by atoms with Gasteiger partial charge in [0.15, 0.2) is 18.9 Å². The highest BCUT2D eigenvalue weighted by Crippen LogP contribution is 2.31. The molecule has 5 rings (SSSR count). The zero-order valence-corrected chi connectivity index (χ0v) is 33.2. The zero-order valence-electron chi connectivity index (χ0n) is 33.2. The molecule has 0 saturated carbocycles. The number of methoxy groups -OCH3 is 3. The van der Waals surface area contributed by atoms with E-state index in [4.69, 9.17) is 49.5 Å². The summed E-state index contributed by atoms with van der Waals surface area (Å²) in [4.78, 5) is 66.0. The van der Waals surface area contributed by atoms with Crippen molar-refractivity contribution in [3.05, 3.63) is 36.5 Å². The average molecular weight is 850 g/mol. The molecule has 3 fully saturated rings. The Morgan fingerprint density at radius 3 is 1.53 bits per heavy atom. The quantitative estimate of drug-likeness (QED) is 0.0432. The Balaban J connectivity index is 0.000000286. The molecule has 334 valence electrons. The Hall–Kier alpha value is -4.08. The van der Waals surface area contributed by atoms with Gasteiger partial charge in [-0.15, -0.1) is 0 Å². The molecule has 0 radical (unpaired) electrons. The lowest BCUT2D eigenvalue weighted by Gasteiger charge is -2.45. The number of amides is 3. The summed E-state index contributed by atoms with van der Waals surface area (Å²) in [5, 5.41) is 68.2. The number of carboxylic acid groups (broad SMARTS) is 1. The van der Waals surface area contributed by atoms with Crippen molar-refractivity contribution in [1.29, 1.82) is 0 Å². The van der Waals surface area contributed by atoms with E-state index in [2.05, 4.69) is 10.1 Å². The van der Waals surface area contributed by atoms with Gasteiger partial charge in [-0.05, 0) is 0 Å². The molecule has 59 heavy (non-hydrogen) atoms. The molecule has 15 atom stereocenters. The first kappa shape index (κ1) is 51.1. The van der Waals surface area contributed by atoms with Gasteiger partial charge in [-0.3, -0.25) is 19.3 Å². The van der Waals surface area contributed by atoms with E-state index in [-0.39, 0.29) is 25.7 Å². The number of cyclic esters (lactones) is 2. The van der Waals surface area contributed by atoms with Gasteiger partial charge in [-0.25, -0.2) is 14.4 Å². The van der Waals surface area contributed by atoms with Gasteiger partial charge >= 0.3 is 17.9 Å². The van der Waals surface area contributed by atoms with Crippen molar-refractivity contribution < 1.29 is 97.7 Å². The number of carbonyl (C=O) groups is 6. The maximum atomic E-state index is 11.7. The number of carboxylic acids is 1. The summed E-state index contributed by atoms with van der Waals surface area (Å²) in [6.45, 7) is 4.46. The third-order valence-electron chi connectivity index (χ3n) is 9.92. The lowest BCUT2D eigenvalue weighted by molar-refractivity contribution is -0.260. The van der Waals surface area contributed by atoms with Gasteiger partial charge in [0.2, 0.25) is 5.91 Å². The van der Waals surface area contributed by atoms with Gasteiger partial charge in [0.05, 0.1) is 62.5 Å². The van der Waals surface area contributed by atoms with E-state index in [0.29, 0.717) is 6.08 Å². The number of nitrogens with one attached hydrogen (secondary N) is 1. The van der Waals surface area contributed by atoms with Gasteiger partial charge < -0.3 is 80.0 Å². The summed E-state index contributed by atoms with van der Waals surface area (Å²) >= 11 is 0. The van der Waals surface area contributed by atoms with Crippen molar-refractivity contribution in [2.75, 3.05) is 41.2 Å². The summed E-state index contributed by atoms with van der Waals surface area (Å²) < 4.78 is 35.3. The molecule has 3 amide bonds. The maximum absolute atomic E-state index is 11.7. The van der Waals surface area contributed by atoms with Crippen molar-refractivity contribution in [3.63, 3.8) is 0 Å². The number of aliphatic carboxylic acids is 1. The van der Waals surface area contributed by atoms with Gasteiger partial charge in [0.25, 0.3) is 11.8 Å². The van der Waals surface area contributed by atoms with Crippen LogP contribution in [0.2, 0.25) is 0 Å². The Labute approximate surface area is 338 Å². The van der Waals surface area contributed by atoms with E-state index in [9.17, 15) is 49.2 Å². The monoisotopic (exact) mass is 849 g/mol. The smallest absolute Gasteiger partial charge is 0.338 e. The van der Waals surface area contributed by atoms with Crippen LogP contribution in [-0.2, 0) is 61.9 Å². The Morgan fingerprint density at radius 2 is 1.12 bits per heavy atom. The first-order valence-electron chi connectivity index (χ1n) is 18.2. The Kier molecular flexibility index (Phi) is 21.0. The molecule has 5 heterocycles. The molecule has 6 unspecified atom stereocenters. The molecule has 3 saturated heterocycles. The van der Waals surface area contributed by atoms with Crippen molar-refractivity contribution in [2.24, 2.45) is 23.5 Å². The minimum Gasteiger partial charge on any atom is -0.478 e. The van der Waals surface area contributed by atoms with E-state index in [1.54, 1.807) is 20.8 Å². The standard InChI is InChI=1S/C12H19NO7.C12H17NO6.C8H17NO4.C4H2O3/c1-6-7(5-14)20-12(19-2)10(11(6)18)13-8(15)3-4-9(16)17;1-6-7(5-14)19-12(18-2)10(11(6)17)13-8(15)3-4-9(13)16;1-4-5(3-10)13-8(12-2)6(9)7(4)11;5-3-1-2-4(6)7-3/h3-4,6-7,10-12,14,18H,5H2,1-2H3,(H,13,15)(H,16,17);3-4,6-7,10-12,14,17H,5H2,1-2H3;4-8,10-11H,3,9H2,1-2H3;1-2H/b4-3-;;;/t2*6-,7?,10?,11+,12-;4-,5?,6?,7+,8-;/m111./s1. The summed E-state index contributed by atoms with van der Waals surface area (Å²) in [5.41, 5.74) is 5.66. The van der Waals surface area contributed by atoms with Crippen LogP contribution in [0.25, 0.3) is 0 Å². The van der Waals surface area contributed by atoms with Crippen LogP contribution in [0.15, 0.2) is 36.5 Å². The number of imide groups is 1. The van der Waals surface area contributed by atoms with Gasteiger partial charge in [-0.1, -0.05) is 20.8 Å². The molecule has 5 aliphatic rings. The van der Waals surface area contributed by atoms with E-state index in [0.717, 1.165) is 35.3 Å². The topological polar surface area (TPSA) is 350 Å². The number of carbonyl (C=O) groups excluding carboxylic acids is 5. The molecule has 0 aromatic rings. The Morgan fingerprint density at radius 1 is 0.695 bits per heavy atom. The van der Waals surface area contributed by atoms with Crippen LogP contribution in [0.1, 0.15) is 20.8 Å². The highest BCUT2D eigenvalue weighted by atomic mass is 16.7. The number of ether oxygens (including phenoxy) is 7. The van der Waals surface area contributed by atoms with Crippen LogP contribution in [-0.4, -0.2) is 191 Å². The summed E-state index contributed by atoms with van der Waals surface area (Å²) in [7, 11) is 4.16. The number of aliphatic hydroxyl groups excluding tert-OH is 6. The van der Waals surface area contributed by atoms with E-state index in [1.165, 1.54) is 21.3 Å². The number of aliphatic hydroxyl groups is 6. The first-order valence-corrected chi connectivity index (χ1v) is 18.2. The fourth-order valence-electron chi connectivity index (χ4n) is 6.31. The zero-order chi connectivity index (χ0) is 44.7. The number of nitrogens with two attached hydrogens (primary N) is 1. The molecular formula is C36H55N3O20. The van der Waals surface area contributed by atoms with E-state index < -0.39 is 121 Å². The largest absolute Gasteiger partial charge is 0.478 e. The third-order valence-corrected chi connectivity index (χ3v) is 9.92. The van der Waals surface area contributed by atoms with Crippen molar-refractivity contribution in [3.8, 4) is 0 Å². The number of rotatable bonds is 10. The molecular weight excluding hydrogens is 794 g/mol. The average Bonchev–Trinajstić information content (AvgIpc) is 3.77. The van der Waals surface area contributed by atoms with Crippen LogP contribution >= 0.6 is 0 Å². The number of hydrogen-bond acceptors (Lipinski definition) is 20. The second kappa shape index (κ2) is 24.2. The SMILES string of the molecule is CO[C@@H]1OC(CO)[C@@H](C)[C@H](O)C1N.CO[C@@H]1OC(CO)[C@@H](C)[C@H](O)C1N1C(=O)C=CC1=O.CO[C@@H]1OC(CO)[C@@H](C)[C@H](O)C1NC(=O)/C=C\C(=O)O.O=C1C=CC(=O)O1. The molecule has 0 spiro atoms. The summed E-state index contributed by atoms with van der Waals surface area (Å²) in [5.74, 6) is -5.12. The van der Waals surface area contributed by atoms with Gasteiger partial charge in [0.1, 0.15) is 12.1 Å². The minimum atomic E-state index is -1.25. The van der Waals surface area contributed by atoms with Crippen LogP contribution in [0.3, 0.4) is 0 Å². The fraction of sp³-hybridized carbons (Fsp3) is 0.667. The fourth-order valence-corrected chi connectivity index (χ4v) is 6.31. The van der Waals surface area contributed by atoms with Crippen LogP contribution in [0.4, 0.5) is 0 Å². The number of nitrogens with zero attached hydrogens (tertiary/aromatic N) is 1. The molecule has 0 aromatic carbocycles. The van der Waals surface area contributed by atoms with E-state index >= 15 is 0 Å². The third kappa shape index (κ3) is 13.7. The summed E-state index contributed by atoms with van der Waals surface area (Å²) in [6.07, 6.45) is -0.862. The van der Waals surface area contributed by atoms with E-state index in [1.807, 2.05) is 0 Å². The molecule has 23 heteroatoms. The van der Waals surface area contributed by atoms with Crippen LogP contribution in [0.5, 0.6) is 0 Å². The highest BCUT2D eigenvalue weighted by molar-refractivity contribution is 6.13. The summed E-state index contributed by atoms with van der Waals surface area (Å²) in [6, 6.07) is -2.33. The van der Waals surface area contributed by atoms with Crippen LogP contribution in [0, 0.1) is 17.8 Å². The van der Waals surface area contributed by atoms with Gasteiger partial charge in [-0.2, -0.15) is 0 Å². The maximum Gasteiger partial charge on any atom is 0.338 e. The number of esters is 2. The minimum absolute atomic E-state index is 0.134. The molecule has 5 aliphatic heterocycles. The highest BCUT2D eigenvalue weighted by Gasteiger charge is 2.50. The molecule has 0 bridgehead atoms. The second-order valence-corrected chi connectivity index (χ2v) is 13.7.